The van der Waals surface area contributed by atoms with Crippen LogP contribution in [-0.2, 0) is 4.79 Å². The highest BCUT2D eigenvalue weighted by Crippen LogP contribution is 2.30. The van der Waals surface area contributed by atoms with E-state index in [-0.39, 0.29) is 11.9 Å². The second-order valence-electron chi connectivity index (χ2n) is 6.62. The maximum Gasteiger partial charge on any atom is 0.339 e. The number of carbonyl (C=O) groups excluding carboxylic acids is 1. The lowest BCUT2D eigenvalue weighted by atomic mass is 9.89. The zero-order valence-electron chi connectivity index (χ0n) is 15.3. The summed E-state index contributed by atoms with van der Waals surface area (Å²) in [6.07, 6.45) is 7.95. The summed E-state index contributed by atoms with van der Waals surface area (Å²) in [4.78, 5) is 13.2. The van der Waals surface area contributed by atoms with Crippen LogP contribution in [-0.4, -0.2) is 15.6 Å². The fraction of sp³-hybridized carbons (Fsp3) is 0.571. The number of alkyl halides is 2. The molecule has 25 heavy (non-hydrogen) atoms. The highest BCUT2D eigenvalue weighted by Gasteiger charge is 2.24. The number of benzene rings is 1. The molecule has 0 N–H and O–H groups in total. The van der Waals surface area contributed by atoms with Crippen LogP contribution in [0.25, 0.3) is 0 Å². The van der Waals surface area contributed by atoms with Gasteiger partial charge in [0.2, 0.25) is 0 Å². The van der Waals surface area contributed by atoms with Crippen molar-refractivity contribution in [3.05, 3.63) is 42.5 Å². The Morgan fingerprint density at radius 2 is 1.80 bits per heavy atom. The largest absolute Gasteiger partial charge is 0.423 e. The van der Waals surface area contributed by atoms with Crippen LogP contribution < -0.4 is 4.74 Å². The Morgan fingerprint density at radius 1 is 1.12 bits per heavy atom. The molecular weight excluding hydrogens is 444 g/mol. The van der Waals surface area contributed by atoms with Crippen LogP contribution in [0.4, 0.5) is 0 Å². The minimum absolute atomic E-state index is 0.112. The third-order valence-electron chi connectivity index (χ3n) is 4.23. The zero-order chi connectivity index (χ0) is 18.7. The van der Waals surface area contributed by atoms with Crippen molar-refractivity contribution in [3.63, 3.8) is 0 Å². The average molecular weight is 474 g/mol. The quantitative estimate of drug-likeness (QED) is 0.107. The predicted molar refractivity (Wildman–Crippen MR) is 114 cm³/mol. The molecule has 3 unspecified atom stereocenters. The summed E-state index contributed by atoms with van der Waals surface area (Å²) in [6, 6.07) is 9.18. The SMILES string of the molecule is C=C(C(=O)Oc1ccccc1)C(CC(C)Br)CC(Br)CCCCCC. The standard InChI is InChI=1S/C21H30Br2O2/c1-4-5-6-8-11-19(23)15-18(14-16(2)22)17(3)21(24)25-20-12-9-7-10-13-20/h7,9-10,12-13,16,18-19H,3-6,8,11,14-15H2,1-2H3. The van der Waals surface area contributed by atoms with E-state index < -0.39 is 0 Å². The average Bonchev–Trinajstić information content (AvgIpc) is 2.58. The summed E-state index contributed by atoms with van der Waals surface area (Å²) in [7, 11) is 0. The molecular formula is C21H30Br2O2. The lowest BCUT2D eigenvalue weighted by Gasteiger charge is -2.22. The molecule has 4 heteroatoms. The van der Waals surface area contributed by atoms with Gasteiger partial charge in [-0.05, 0) is 37.3 Å². The molecule has 0 aliphatic heterocycles. The first-order valence-corrected chi connectivity index (χ1v) is 11.0. The summed E-state index contributed by atoms with van der Waals surface area (Å²) in [5.74, 6) is 0.352. The summed E-state index contributed by atoms with van der Waals surface area (Å²) in [5, 5.41) is 0. The number of para-hydroxylation sites is 1. The Labute approximate surface area is 169 Å². The first-order valence-electron chi connectivity index (χ1n) is 9.18. The van der Waals surface area contributed by atoms with Crippen molar-refractivity contribution in [2.75, 3.05) is 0 Å². The number of carbonyl (C=O) groups is 1. The first kappa shape index (κ1) is 22.4. The summed E-state index contributed by atoms with van der Waals surface area (Å²) in [5.41, 5.74) is 0.563. The van der Waals surface area contributed by atoms with Gasteiger partial charge in [0.25, 0.3) is 0 Å². The third-order valence-corrected chi connectivity index (χ3v) is 5.43. The van der Waals surface area contributed by atoms with E-state index >= 15 is 0 Å². The van der Waals surface area contributed by atoms with E-state index in [0.29, 0.717) is 21.0 Å². The summed E-state index contributed by atoms with van der Waals surface area (Å²) >= 11 is 7.41. The Balaban J connectivity index is 2.60. The van der Waals surface area contributed by atoms with Gasteiger partial charge in [-0.1, -0.05) is 96.2 Å². The lowest BCUT2D eigenvalue weighted by Crippen LogP contribution is -2.22. The van der Waals surface area contributed by atoms with Crippen molar-refractivity contribution in [2.45, 2.75) is 68.4 Å². The second kappa shape index (κ2) is 12.7. The fourth-order valence-corrected chi connectivity index (χ4v) is 4.05. The molecule has 1 aromatic rings. The van der Waals surface area contributed by atoms with E-state index in [1.807, 2.05) is 18.2 Å². The number of rotatable bonds is 12. The Morgan fingerprint density at radius 3 is 2.40 bits per heavy atom. The zero-order valence-corrected chi connectivity index (χ0v) is 18.5. The number of esters is 1. The van der Waals surface area contributed by atoms with Crippen LogP contribution in [0.5, 0.6) is 5.75 Å². The molecule has 0 saturated carbocycles. The van der Waals surface area contributed by atoms with Crippen molar-refractivity contribution in [3.8, 4) is 5.75 Å². The first-order chi connectivity index (χ1) is 11.9. The monoisotopic (exact) mass is 472 g/mol. The second-order valence-corrected chi connectivity index (χ2v) is 9.48. The van der Waals surface area contributed by atoms with E-state index in [0.717, 1.165) is 19.3 Å². The van der Waals surface area contributed by atoms with Gasteiger partial charge in [-0.25, -0.2) is 4.79 Å². The van der Waals surface area contributed by atoms with Crippen LogP contribution in [0.2, 0.25) is 0 Å². The van der Waals surface area contributed by atoms with Crippen molar-refractivity contribution in [2.24, 2.45) is 5.92 Å². The summed E-state index contributed by atoms with van der Waals surface area (Å²) < 4.78 is 5.46. The van der Waals surface area contributed by atoms with Crippen molar-refractivity contribution in [1.29, 1.82) is 0 Å². The minimum Gasteiger partial charge on any atom is -0.423 e. The molecule has 0 fully saturated rings. The number of halogens is 2. The van der Waals surface area contributed by atoms with Gasteiger partial charge in [-0.15, -0.1) is 0 Å². The van der Waals surface area contributed by atoms with Gasteiger partial charge in [-0.2, -0.15) is 0 Å². The molecule has 0 saturated heterocycles. The fourth-order valence-electron chi connectivity index (χ4n) is 2.82. The van der Waals surface area contributed by atoms with E-state index in [9.17, 15) is 4.79 Å². The minimum atomic E-state index is -0.324. The van der Waals surface area contributed by atoms with Crippen molar-refractivity contribution >= 4 is 37.8 Å². The van der Waals surface area contributed by atoms with E-state index in [1.54, 1.807) is 12.1 Å². The van der Waals surface area contributed by atoms with Crippen LogP contribution in [0.3, 0.4) is 0 Å². The molecule has 3 atom stereocenters. The third kappa shape index (κ3) is 9.60. The predicted octanol–water partition coefficient (Wildman–Crippen LogP) is 7.06. The van der Waals surface area contributed by atoms with Crippen LogP contribution >= 0.6 is 31.9 Å². The molecule has 0 radical (unpaired) electrons. The molecule has 0 aliphatic carbocycles. The number of hydrogen-bond acceptors (Lipinski definition) is 2. The maximum absolute atomic E-state index is 12.5. The number of unbranched alkanes of at least 4 members (excludes halogenated alkanes) is 3. The molecule has 2 nitrogen and oxygen atoms in total. The molecule has 0 spiro atoms. The molecule has 0 aromatic heterocycles. The van der Waals surface area contributed by atoms with E-state index in [1.165, 1.54) is 25.7 Å². The molecule has 1 aromatic carbocycles. The molecule has 0 bridgehead atoms. The Bertz CT molecular complexity index is 514. The topological polar surface area (TPSA) is 26.3 Å². The van der Waals surface area contributed by atoms with Crippen LogP contribution in [0.15, 0.2) is 42.5 Å². The highest BCUT2D eigenvalue weighted by molar-refractivity contribution is 9.09. The van der Waals surface area contributed by atoms with Gasteiger partial charge in [0.1, 0.15) is 5.75 Å². The van der Waals surface area contributed by atoms with E-state index in [2.05, 4.69) is 52.3 Å². The normalized spacial score (nSPS) is 14.6. The van der Waals surface area contributed by atoms with Gasteiger partial charge in [0.05, 0.1) is 0 Å². The van der Waals surface area contributed by atoms with Gasteiger partial charge in [0, 0.05) is 15.2 Å². The smallest absolute Gasteiger partial charge is 0.339 e. The van der Waals surface area contributed by atoms with Crippen LogP contribution in [0, 0.1) is 5.92 Å². The maximum atomic E-state index is 12.5. The molecule has 0 amide bonds. The van der Waals surface area contributed by atoms with Gasteiger partial charge in [-0.3, -0.25) is 0 Å². The molecule has 0 heterocycles. The highest BCUT2D eigenvalue weighted by atomic mass is 79.9. The Kier molecular flexibility index (Phi) is 11.4. The molecule has 0 aliphatic rings. The van der Waals surface area contributed by atoms with Gasteiger partial charge < -0.3 is 4.74 Å². The Hall–Kier alpha value is -0.610. The summed E-state index contributed by atoms with van der Waals surface area (Å²) in [6.45, 7) is 8.38. The van der Waals surface area contributed by atoms with Gasteiger partial charge >= 0.3 is 5.97 Å². The van der Waals surface area contributed by atoms with Gasteiger partial charge in [0.15, 0.2) is 0 Å². The van der Waals surface area contributed by atoms with Crippen LogP contribution in [0.1, 0.15) is 58.8 Å². The number of hydrogen-bond donors (Lipinski definition) is 0. The lowest BCUT2D eigenvalue weighted by molar-refractivity contribution is -0.130. The molecule has 140 valence electrons. The molecule has 1 rings (SSSR count). The van der Waals surface area contributed by atoms with E-state index in [4.69, 9.17) is 4.74 Å². The van der Waals surface area contributed by atoms with Crippen molar-refractivity contribution < 1.29 is 9.53 Å². The van der Waals surface area contributed by atoms with Crippen molar-refractivity contribution in [1.82, 2.24) is 0 Å². The number of ether oxygens (including phenoxy) is 1.